The van der Waals surface area contributed by atoms with Gasteiger partial charge in [0.2, 0.25) is 11.8 Å². The molecule has 0 aliphatic rings. The zero-order chi connectivity index (χ0) is 31.7. The van der Waals surface area contributed by atoms with E-state index in [1.54, 1.807) is 61.5 Å². The molecule has 1 N–H and O–H groups in total. The molecule has 0 aromatic heterocycles. The van der Waals surface area contributed by atoms with E-state index in [9.17, 15) is 18.0 Å². The maximum Gasteiger partial charge on any atom is 0.264 e. The maximum absolute atomic E-state index is 14.2. The fourth-order valence-corrected chi connectivity index (χ4v) is 6.32. The molecule has 3 aromatic carbocycles. The van der Waals surface area contributed by atoms with Gasteiger partial charge in [0, 0.05) is 22.6 Å². The summed E-state index contributed by atoms with van der Waals surface area (Å²) in [4.78, 5) is 29.1. The lowest BCUT2D eigenvalue weighted by atomic mass is 10.1. The summed E-state index contributed by atoms with van der Waals surface area (Å²) in [6.07, 6.45) is 1.01. The van der Waals surface area contributed by atoms with Crippen LogP contribution in [-0.2, 0) is 26.2 Å². The molecule has 43 heavy (non-hydrogen) atoms. The second-order valence-electron chi connectivity index (χ2n) is 10.3. The van der Waals surface area contributed by atoms with Gasteiger partial charge in [-0.3, -0.25) is 13.9 Å². The largest absolute Gasteiger partial charge is 0.494 e. The van der Waals surface area contributed by atoms with Gasteiger partial charge < -0.3 is 15.0 Å². The Hall–Kier alpha value is -3.27. The van der Waals surface area contributed by atoms with Crippen molar-refractivity contribution in [2.75, 3.05) is 17.5 Å². The lowest BCUT2D eigenvalue weighted by Crippen LogP contribution is -2.53. The Labute approximate surface area is 265 Å². The first-order chi connectivity index (χ1) is 20.4. The number of hydrogen-bond acceptors (Lipinski definition) is 5. The van der Waals surface area contributed by atoms with Crippen molar-refractivity contribution in [3.63, 3.8) is 0 Å². The fourth-order valence-electron chi connectivity index (χ4n) is 4.44. The molecule has 2 amide bonds. The molecule has 3 rings (SSSR count). The number of ether oxygens (including phenoxy) is 1. The standard InChI is InChI=1S/C32H39Cl2N3O5S/c1-6-23(5)35-32(39)30(7-2)36(20-24-11-12-25(33)19-29(24)34)31(38)21-37(26-13-15-27(16-14-26)42-8-3)43(40,41)28-17-9-22(4)10-18-28/h9-19,23,30H,6-8,20-21H2,1-5H3,(H,35,39)/t23-,30+/m1/s1. The van der Waals surface area contributed by atoms with Crippen LogP contribution < -0.4 is 14.4 Å². The highest BCUT2D eigenvalue weighted by atomic mass is 35.5. The molecule has 2 atom stereocenters. The van der Waals surface area contributed by atoms with Crippen LogP contribution in [0.15, 0.2) is 71.6 Å². The van der Waals surface area contributed by atoms with Crippen LogP contribution in [-0.4, -0.2) is 50.4 Å². The Kier molecular flexibility index (Phi) is 12.3. The predicted molar refractivity (Wildman–Crippen MR) is 172 cm³/mol. The summed E-state index contributed by atoms with van der Waals surface area (Å²) < 4.78 is 34.7. The minimum Gasteiger partial charge on any atom is -0.494 e. The molecule has 3 aromatic rings. The molecule has 0 spiro atoms. The maximum atomic E-state index is 14.2. The van der Waals surface area contributed by atoms with Crippen LogP contribution in [0.25, 0.3) is 0 Å². The first-order valence-electron chi connectivity index (χ1n) is 14.3. The van der Waals surface area contributed by atoms with Crippen molar-refractivity contribution in [2.24, 2.45) is 0 Å². The molecule has 0 aliphatic carbocycles. The lowest BCUT2D eigenvalue weighted by molar-refractivity contribution is -0.140. The third-order valence-electron chi connectivity index (χ3n) is 7.07. The zero-order valence-electron chi connectivity index (χ0n) is 25.1. The van der Waals surface area contributed by atoms with E-state index >= 15 is 0 Å². The minimum atomic E-state index is -4.19. The van der Waals surface area contributed by atoms with Crippen LogP contribution in [0, 0.1) is 6.92 Å². The summed E-state index contributed by atoms with van der Waals surface area (Å²) in [6.45, 7) is 9.22. The number of carbonyl (C=O) groups is 2. The van der Waals surface area contributed by atoms with E-state index in [-0.39, 0.29) is 29.1 Å². The van der Waals surface area contributed by atoms with Gasteiger partial charge in [0.1, 0.15) is 18.3 Å². The van der Waals surface area contributed by atoms with Crippen molar-refractivity contribution in [3.05, 3.63) is 87.9 Å². The number of carbonyl (C=O) groups excluding carboxylic acids is 2. The van der Waals surface area contributed by atoms with Crippen LogP contribution >= 0.6 is 23.2 Å². The number of amides is 2. The third-order valence-corrected chi connectivity index (χ3v) is 9.44. The van der Waals surface area contributed by atoms with Crippen molar-refractivity contribution in [2.45, 2.75) is 71.0 Å². The van der Waals surface area contributed by atoms with E-state index in [0.29, 0.717) is 40.8 Å². The first-order valence-corrected chi connectivity index (χ1v) is 16.5. The van der Waals surface area contributed by atoms with Crippen LogP contribution in [0.2, 0.25) is 10.0 Å². The lowest BCUT2D eigenvalue weighted by Gasteiger charge is -2.34. The summed E-state index contributed by atoms with van der Waals surface area (Å²) in [5.74, 6) is -0.330. The minimum absolute atomic E-state index is 0.0248. The number of rotatable bonds is 14. The van der Waals surface area contributed by atoms with Crippen molar-refractivity contribution in [3.8, 4) is 5.75 Å². The molecule has 0 radical (unpaired) electrons. The molecular formula is C32H39Cl2N3O5S. The number of sulfonamides is 1. The summed E-state index contributed by atoms with van der Waals surface area (Å²) in [6, 6.07) is 16.8. The second-order valence-corrected chi connectivity index (χ2v) is 13.0. The van der Waals surface area contributed by atoms with E-state index in [2.05, 4.69) is 5.32 Å². The quantitative estimate of drug-likeness (QED) is 0.212. The molecule has 0 bridgehead atoms. The molecule has 8 nitrogen and oxygen atoms in total. The first kappa shape index (κ1) is 34.2. The molecule has 0 heterocycles. The highest BCUT2D eigenvalue weighted by Gasteiger charge is 2.34. The summed E-state index contributed by atoms with van der Waals surface area (Å²) in [5, 5.41) is 3.72. The van der Waals surface area contributed by atoms with Crippen molar-refractivity contribution in [1.82, 2.24) is 10.2 Å². The number of aryl methyl sites for hydroxylation is 1. The second kappa shape index (κ2) is 15.5. The van der Waals surface area contributed by atoms with Crippen LogP contribution in [0.5, 0.6) is 5.75 Å². The number of nitrogens with one attached hydrogen (secondary N) is 1. The molecule has 0 fully saturated rings. The number of nitrogens with zero attached hydrogens (tertiary/aromatic N) is 2. The zero-order valence-corrected chi connectivity index (χ0v) is 27.5. The van der Waals surface area contributed by atoms with Crippen molar-refractivity contribution in [1.29, 1.82) is 0 Å². The molecule has 0 aliphatic heterocycles. The topological polar surface area (TPSA) is 96.0 Å². The Morgan fingerprint density at radius 2 is 1.58 bits per heavy atom. The van der Waals surface area contributed by atoms with Gasteiger partial charge in [-0.2, -0.15) is 0 Å². The van der Waals surface area contributed by atoms with Gasteiger partial charge in [0.05, 0.1) is 17.2 Å². The highest BCUT2D eigenvalue weighted by molar-refractivity contribution is 7.92. The van der Waals surface area contributed by atoms with Crippen molar-refractivity contribution >= 4 is 50.7 Å². The highest BCUT2D eigenvalue weighted by Crippen LogP contribution is 2.28. The number of benzene rings is 3. The Morgan fingerprint density at radius 3 is 2.14 bits per heavy atom. The Morgan fingerprint density at radius 1 is 0.930 bits per heavy atom. The molecule has 0 unspecified atom stereocenters. The van der Waals surface area contributed by atoms with Gasteiger partial charge >= 0.3 is 0 Å². The Bertz CT molecular complexity index is 1500. The molecular weight excluding hydrogens is 609 g/mol. The normalized spacial score (nSPS) is 12.7. The van der Waals surface area contributed by atoms with Gasteiger partial charge in [-0.05, 0) is 87.7 Å². The summed E-state index contributed by atoms with van der Waals surface area (Å²) >= 11 is 12.6. The average molecular weight is 649 g/mol. The number of anilines is 1. The van der Waals surface area contributed by atoms with Crippen molar-refractivity contribution < 1.29 is 22.7 Å². The smallest absolute Gasteiger partial charge is 0.264 e. The van der Waals surface area contributed by atoms with E-state index in [4.69, 9.17) is 27.9 Å². The van der Waals surface area contributed by atoms with E-state index < -0.39 is 28.5 Å². The van der Waals surface area contributed by atoms with Crippen LogP contribution in [0.1, 0.15) is 51.7 Å². The number of halogens is 2. The van der Waals surface area contributed by atoms with E-state index in [1.165, 1.54) is 17.0 Å². The van der Waals surface area contributed by atoms with E-state index in [0.717, 1.165) is 9.87 Å². The van der Waals surface area contributed by atoms with E-state index in [1.807, 2.05) is 27.7 Å². The summed E-state index contributed by atoms with van der Waals surface area (Å²) in [5.41, 5.74) is 1.74. The predicted octanol–water partition coefficient (Wildman–Crippen LogP) is 6.62. The molecule has 232 valence electrons. The van der Waals surface area contributed by atoms with Crippen LogP contribution in [0.3, 0.4) is 0 Å². The number of hydrogen-bond donors (Lipinski definition) is 1. The van der Waals surface area contributed by atoms with Gasteiger partial charge in [-0.15, -0.1) is 0 Å². The van der Waals surface area contributed by atoms with Gasteiger partial charge in [-0.1, -0.05) is 60.8 Å². The van der Waals surface area contributed by atoms with Crippen LogP contribution in [0.4, 0.5) is 5.69 Å². The van der Waals surface area contributed by atoms with Gasteiger partial charge in [0.15, 0.2) is 0 Å². The molecule has 0 saturated heterocycles. The monoisotopic (exact) mass is 647 g/mol. The third kappa shape index (κ3) is 8.87. The van der Waals surface area contributed by atoms with Gasteiger partial charge in [0.25, 0.3) is 10.0 Å². The molecule has 11 heteroatoms. The van der Waals surface area contributed by atoms with Gasteiger partial charge in [-0.25, -0.2) is 8.42 Å². The average Bonchev–Trinajstić information content (AvgIpc) is 2.97. The SMILES string of the molecule is CCOc1ccc(N(CC(=O)N(Cc2ccc(Cl)cc2Cl)[C@@H](CC)C(=O)N[C@H](C)CC)S(=O)(=O)c2ccc(C)cc2)cc1. The Balaban J connectivity index is 2.08. The summed E-state index contributed by atoms with van der Waals surface area (Å²) in [7, 11) is -4.19. The fraction of sp³-hybridized carbons (Fsp3) is 0.375. The molecule has 0 saturated carbocycles.